The maximum atomic E-state index is 6.52. The van der Waals surface area contributed by atoms with Crippen LogP contribution < -0.4 is 5.73 Å². The quantitative estimate of drug-likeness (QED) is 0.495. The molecule has 0 amide bonds. The minimum atomic E-state index is 0.378. The van der Waals surface area contributed by atoms with Gasteiger partial charge in [-0.2, -0.15) is 5.10 Å². The number of nitrogens with zero attached hydrogens (tertiary/aromatic N) is 3. The summed E-state index contributed by atoms with van der Waals surface area (Å²) in [6.07, 6.45) is 5.30. The third-order valence-corrected chi connectivity index (χ3v) is 4.84. The molecule has 0 bridgehead atoms. The van der Waals surface area contributed by atoms with E-state index in [0.29, 0.717) is 16.4 Å². The van der Waals surface area contributed by atoms with Crippen LogP contribution in [0.5, 0.6) is 0 Å². The van der Waals surface area contributed by atoms with Gasteiger partial charge >= 0.3 is 0 Å². The Hall–Kier alpha value is -1.85. The van der Waals surface area contributed by atoms with Gasteiger partial charge in [-0.25, -0.2) is 9.51 Å². The summed E-state index contributed by atoms with van der Waals surface area (Å²) in [6, 6.07) is 8.13. The highest BCUT2D eigenvalue weighted by Crippen LogP contribution is 2.29. The number of amidine groups is 1. The molecule has 2 heterocycles. The normalized spacial score (nSPS) is 12.1. The van der Waals surface area contributed by atoms with Crippen molar-refractivity contribution in [1.29, 1.82) is 0 Å². The van der Waals surface area contributed by atoms with Crippen LogP contribution in [0.15, 0.2) is 46.1 Å². The monoisotopic (exact) mass is 404 g/mol. The summed E-state index contributed by atoms with van der Waals surface area (Å²) in [5.74, 6) is 0.378. The molecule has 0 unspecified atom stereocenters. The van der Waals surface area contributed by atoms with Crippen LogP contribution in [-0.2, 0) is 12.8 Å². The molecule has 2 N–H and O–H groups in total. The van der Waals surface area contributed by atoms with E-state index in [9.17, 15) is 0 Å². The molecule has 0 aliphatic carbocycles. The third-order valence-electron chi connectivity index (χ3n) is 4.01. The van der Waals surface area contributed by atoms with Crippen LogP contribution >= 0.6 is 27.5 Å². The van der Waals surface area contributed by atoms with Crippen LogP contribution in [0, 0.1) is 0 Å². The van der Waals surface area contributed by atoms with E-state index in [2.05, 4.69) is 53.1 Å². The molecular weight excluding hydrogens is 388 g/mol. The number of hydrogen-bond acceptors (Lipinski definition) is 2. The van der Waals surface area contributed by atoms with Gasteiger partial charge in [0.2, 0.25) is 0 Å². The SMILES string of the molecule is CCc1cccc(CC)c1N=C(N)c1cnn2cc(Br)cc2c1Cl. The van der Waals surface area contributed by atoms with Crippen molar-refractivity contribution in [2.45, 2.75) is 26.7 Å². The van der Waals surface area contributed by atoms with Gasteiger partial charge in [0.05, 0.1) is 28.0 Å². The molecule has 1 aromatic carbocycles. The van der Waals surface area contributed by atoms with Crippen molar-refractivity contribution < 1.29 is 0 Å². The fourth-order valence-electron chi connectivity index (χ4n) is 2.71. The van der Waals surface area contributed by atoms with Gasteiger partial charge in [0.1, 0.15) is 5.84 Å². The summed E-state index contributed by atoms with van der Waals surface area (Å²) in [7, 11) is 0. The number of rotatable bonds is 4. The Labute approximate surface area is 154 Å². The van der Waals surface area contributed by atoms with Gasteiger partial charge in [-0.15, -0.1) is 0 Å². The Morgan fingerprint density at radius 2 is 1.96 bits per heavy atom. The molecule has 0 saturated carbocycles. The lowest BCUT2D eigenvalue weighted by Gasteiger charge is -2.11. The molecule has 0 radical (unpaired) electrons. The number of fused-ring (bicyclic) bond motifs is 1. The van der Waals surface area contributed by atoms with Gasteiger partial charge in [0.15, 0.2) is 0 Å². The number of benzene rings is 1. The Morgan fingerprint density at radius 1 is 1.29 bits per heavy atom. The number of halogens is 2. The number of nitrogens with two attached hydrogens (primary N) is 1. The molecule has 3 aromatic rings. The lowest BCUT2D eigenvalue weighted by molar-refractivity contribution is 0.936. The molecule has 124 valence electrons. The van der Waals surface area contributed by atoms with Gasteiger partial charge < -0.3 is 5.73 Å². The number of aliphatic imine (C=N–C) groups is 1. The summed E-state index contributed by atoms with van der Waals surface area (Å²) >= 11 is 9.95. The first kappa shape index (κ1) is 17.0. The van der Waals surface area contributed by atoms with E-state index in [-0.39, 0.29) is 0 Å². The Kier molecular flexibility index (Phi) is 4.92. The topological polar surface area (TPSA) is 55.7 Å². The van der Waals surface area contributed by atoms with Crippen molar-refractivity contribution in [3.05, 3.63) is 62.8 Å². The second kappa shape index (κ2) is 6.95. The fourth-order valence-corrected chi connectivity index (χ4v) is 3.41. The highest BCUT2D eigenvalue weighted by molar-refractivity contribution is 9.10. The summed E-state index contributed by atoms with van der Waals surface area (Å²) in [5, 5.41) is 4.90. The van der Waals surface area contributed by atoms with Crippen molar-refractivity contribution in [2.75, 3.05) is 0 Å². The maximum absolute atomic E-state index is 6.52. The molecule has 0 spiro atoms. The standard InChI is InChI=1S/C18H18BrClN4/c1-3-11-6-5-7-12(4-2)17(11)23-18(21)14-9-22-24-10-13(19)8-15(24)16(14)20/h5-10H,3-4H2,1-2H3,(H2,21,23). The van der Waals surface area contributed by atoms with Crippen molar-refractivity contribution in [3.8, 4) is 0 Å². The van der Waals surface area contributed by atoms with E-state index in [1.165, 1.54) is 11.1 Å². The number of aromatic nitrogens is 2. The number of aryl methyl sites for hydroxylation is 2. The van der Waals surface area contributed by atoms with Crippen LogP contribution in [0.25, 0.3) is 5.52 Å². The van der Waals surface area contributed by atoms with E-state index < -0.39 is 0 Å². The van der Waals surface area contributed by atoms with E-state index >= 15 is 0 Å². The van der Waals surface area contributed by atoms with Gasteiger partial charge in [-0.1, -0.05) is 43.6 Å². The van der Waals surface area contributed by atoms with Gasteiger partial charge in [0, 0.05) is 10.7 Å². The van der Waals surface area contributed by atoms with Crippen molar-refractivity contribution in [1.82, 2.24) is 9.61 Å². The van der Waals surface area contributed by atoms with Crippen LogP contribution in [0.3, 0.4) is 0 Å². The Morgan fingerprint density at radius 3 is 2.58 bits per heavy atom. The van der Waals surface area contributed by atoms with E-state index in [1.54, 1.807) is 10.7 Å². The second-order valence-electron chi connectivity index (χ2n) is 5.49. The van der Waals surface area contributed by atoms with Gasteiger partial charge in [-0.3, -0.25) is 0 Å². The lowest BCUT2D eigenvalue weighted by Crippen LogP contribution is -2.15. The zero-order chi connectivity index (χ0) is 17.3. The predicted molar refractivity (Wildman–Crippen MR) is 103 cm³/mol. The first-order chi connectivity index (χ1) is 11.5. The van der Waals surface area contributed by atoms with E-state index in [4.69, 9.17) is 22.3 Å². The van der Waals surface area contributed by atoms with Crippen LogP contribution in [0.1, 0.15) is 30.5 Å². The average molecular weight is 406 g/mol. The van der Waals surface area contributed by atoms with Gasteiger partial charge in [0.25, 0.3) is 0 Å². The highest BCUT2D eigenvalue weighted by Gasteiger charge is 2.13. The second-order valence-corrected chi connectivity index (χ2v) is 6.78. The first-order valence-corrected chi connectivity index (χ1v) is 8.99. The van der Waals surface area contributed by atoms with Crippen molar-refractivity contribution >= 4 is 44.6 Å². The van der Waals surface area contributed by atoms with E-state index in [0.717, 1.165) is 28.5 Å². The van der Waals surface area contributed by atoms with Crippen molar-refractivity contribution in [3.63, 3.8) is 0 Å². The molecule has 0 aliphatic rings. The number of para-hydroxylation sites is 1. The number of hydrogen-bond donors (Lipinski definition) is 1. The average Bonchev–Trinajstić information content (AvgIpc) is 2.96. The zero-order valence-electron chi connectivity index (χ0n) is 13.6. The minimum Gasteiger partial charge on any atom is -0.383 e. The molecule has 3 rings (SSSR count). The highest BCUT2D eigenvalue weighted by atomic mass is 79.9. The summed E-state index contributed by atoms with van der Waals surface area (Å²) < 4.78 is 2.62. The maximum Gasteiger partial charge on any atom is 0.134 e. The zero-order valence-corrected chi connectivity index (χ0v) is 15.9. The van der Waals surface area contributed by atoms with E-state index in [1.807, 2.05) is 12.3 Å². The molecule has 0 saturated heterocycles. The van der Waals surface area contributed by atoms with Crippen LogP contribution in [0.4, 0.5) is 5.69 Å². The van der Waals surface area contributed by atoms with Gasteiger partial charge in [-0.05, 0) is 46.0 Å². The minimum absolute atomic E-state index is 0.378. The summed E-state index contributed by atoms with van der Waals surface area (Å²) in [4.78, 5) is 4.69. The molecule has 0 fully saturated rings. The fraction of sp³-hybridized carbons (Fsp3) is 0.222. The van der Waals surface area contributed by atoms with Crippen LogP contribution in [-0.4, -0.2) is 15.4 Å². The molecule has 24 heavy (non-hydrogen) atoms. The first-order valence-electron chi connectivity index (χ1n) is 7.82. The Bertz CT molecular complexity index is 908. The largest absolute Gasteiger partial charge is 0.383 e. The third kappa shape index (κ3) is 3.06. The molecule has 2 aromatic heterocycles. The van der Waals surface area contributed by atoms with Crippen molar-refractivity contribution in [2.24, 2.45) is 10.7 Å². The lowest BCUT2D eigenvalue weighted by atomic mass is 10.0. The molecule has 0 atom stereocenters. The van der Waals surface area contributed by atoms with Crippen LogP contribution in [0.2, 0.25) is 5.02 Å². The molecule has 6 heteroatoms. The molecule has 0 aliphatic heterocycles. The predicted octanol–water partition coefficient (Wildman–Crippen LogP) is 4.91. The molecule has 4 nitrogen and oxygen atoms in total. The molecular formula is C18H18BrClN4. The summed E-state index contributed by atoms with van der Waals surface area (Å²) in [6.45, 7) is 4.23. The smallest absolute Gasteiger partial charge is 0.134 e. The Balaban J connectivity index is 2.14. The summed E-state index contributed by atoms with van der Waals surface area (Å²) in [5.41, 5.74) is 11.0.